The molecule has 4 heteroatoms. The maximum absolute atomic E-state index is 13.5. The SMILES string of the molecule is CCCCOC1CCC2CC(c3cc(F)c(F)c(F)c3)CCC2C1. The van der Waals surface area contributed by atoms with Gasteiger partial charge in [0.1, 0.15) is 0 Å². The number of halogens is 3. The van der Waals surface area contributed by atoms with Crippen LogP contribution in [0.4, 0.5) is 13.2 Å². The van der Waals surface area contributed by atoms with E-state index in [1.807, 2.05) is 0 Å². The Bertz CT molecular complexity index is 537. The van der Waals surface area contributed by atoms with Gasteiger partial charge in [0.2, 0.25) is 0 Å². The highest BCUT2D eigenvalue weighted by molar-refractivity contribution is 5.24. The third-order valence-corrected chi connectivity index (χ3v) is 5.89. The zero-order valence-electron chi connectivity index (χ0n) is 14.4. The third kappa shape index (κ3) is 3.96. The number of benzene rings is 1. The molecule has 1 aromatic carbocycles. The van der Waals surface area contributed by atoms with E-state index in [1.54, 1.807) is 0 Å². The van der Waals surface area contributed by atoms with Crippen molar-refractivity contribution in [1.82, 2.24) is 0 Å². The zero-order valence-corrected chi connectivity index (χ0v) is 14.4. The summed E-state index contributed by atoms with van der Waals surface area (Å²) in [5, 5.41) is 0. The minimum Gasteiger partial charge on any atom is -0.378 e. The molecule has 0 N–H and O–H groups in total. The van der Waals surface area contributed by atoms with Gasteiger partial charge < -0.3 is 4.74 Å². The summed E-state index contributed by atoms with van der Waals surface area (Å²) >= 11 is 0. The van der Waals surface area contributed by atoms with Crippen LogP contribution in [-0.4, -0.2) is 12.7 Å². The minimum absolute atomic E-state index is 0.147. The summed E-state index contributed by atoms with van der Waals surface area (Å²) in [5.41, 5.74) is 0.617. The van der Waals surface area contributed by atoms with Gasteiger partial charge in [-0.2, -0.15) is 0 Å². The van der Waals surface area contributed by atoms with Gasteiger partial charge >= 0.3 is 0 Å². The van der Waals surface area contributed by atoms with Gasteiger partial charge in [0.15, 0.2) is 17.5 Å². The van der Waals surface area contributed by atoms with Crippen LogP contribution in [0.1, 0.15) is 69.8 Å². The van der Waals surface area contributed by atoms with Crippen LogP contribution in [0.25, 0.3) is 0 Å². The Labute approximate surface area is 142 Å². The molecule has 1 nitrogen and oxygen atoms in total. The van der Waals surface area contributed by atoms with Crippen LogP contribution in [0.3, 0.4) is 0 Å². The topological polar surface area (TPSA) is 9.23 Å². The molecule has 134 valence electrons. The highest BCUT2D eigenvalue weighted by atomic mass is 19.2. The molecule has 2 saturated carbocycles. The van der Waals surface area contributed by atoms with Crippen molar-refractivity contribution in [3.63, 3.8) is 0 Å². The van der Waals surface area contributed by atoms with Gasteiger partial charge in [-0.25, -0.2) is 13.2 Å². The second kappa shape index (κ2) is 7.90. The second-order valence-electron chi connectivity index (χ2n) is 7.49. The Balaban J connectivity index is 1.58. The Morgan fingerprint density at radius 1 is 0.958 bits per heavy atom. The van der Waals surface area contributed by atoms with E-state index in [-0.39, 0.29) is 5.92 Å². The molecule has 0 heterocycles. The van der Waals surface area contributed by atoms with Crippen LogP contribution in [0.2, 0.25) is 0 Å². The quantitative estimate of drug-likeness (QED) is 0.474. The lowest BCUT2D eigenvalue weighted by molar-refractivity contribution is -0.0160. The van der Waals surface area contributed by atoms with E-state index < -0.39 is 17.5 Å². The molecule has 0 aromatic heterocycles. The Morgan fingerprint density at radius 2 is 1.62 bits per heavy atom. The summed E-state index contributed by atoms with van der Waals surface area (Å²) in [7, 11) is 0. The molecule has 2 aliphatic rings. The summed E-state index contributed by atoms with van der Waals surface area (Å²) in [6.07, 6.45) is 8.95. The zero-order chi connectivity index (χ0) is 17.1. The Morgan fingerprint density at radius 3 is 2.33 bits per heavy atom. The first-order chi connectivity index (χ1) is 11.6. The molecule has 0 spiro atoms. The molecule has 0 saturated heterocycles. The van der Waals surface area contributed by atoms with Gasteiger partial charge in [0.25, 0.3) is 0 Å². The van der Waals surface area contributed by atoms with Gasteiger partial charge in [0, 0.05) is 6.61 Å². The highest BCUT2D eigenvalue weighted by Gasteiger charge is 2.36. The number of ether oxygens (including phenoxy) is 1. The van der Waals surface area contributed by atoms with E-state index in [9.17, 15) is 13.2 Å². The lowest BCUT2D eigenvalue weighted by atomic mass is 9.65. The summed E-state index contributed by atoms with van der Waals surface area (Å²) in [4.78, 5) is 0. The fourth-order valence-corrected chi connectivity index (χ4v) is 4.51. The second-order valence-corrected chi connectivity index (χ2v) is 7.49. The smallest absolute Gasteiger partial charge is 0.194 e. The van der Waals surface area contributed by atoms with Gasteiger partial charge in [-0.1, -0.05) is 13.3 Å². The molecule has 0 radical (unpaired) electrons. The van der Waals surface area contributed by atoms with Crippen molar-refractivity contribution in [2.75, 3.05) is 6.61 Å². The van der Waals surface area contributed by atoms with Gasteiger partial charge in [-0.15, -0.1) is 0 Å². The van der Waals surface area contributed by atoms with Crippen LogP contribution in [0.5, 0.6) is 0 Å². The predicted octanol–water partition coefficient (Wildman–Crippen LogP) is 5.97. The summed E-state index contributed by atoms with van der Waals surface area (Å²) in [6.45, 7) is 3.03. The number of hydrogen-bond acceptors (Lipinski definition) is 1. The van der Waals surface area contributed by atoms with E-state index in [2.05, 4.69) is 6.92 Å². The first kappa shape index (κ1) is 17.8. The molecule has 4 unspecified atom stereocenters. The van der Waals surface area contributed by atoms with Crippen LogP contribution < -0.4 is 0 Å². The van der Waals surface area contributed by atoms with Crippen LogP contribution in [0, 0.1) is 29.3 Å². The normalized spacial score (nSPS) is 30.2. The molecule has 4 atom stereocenters. The summed E-state index contributed by atoms with van der Waals surface area (Å²) in [5.74, 6) is -2.09. The molecular weight excluding hydrogens is 313 g/mol. The first-order valence-electron chi connectivity index (χ1n) is 9.34. The number of rotatable bonds is 5. The number of hydrogen-bond donors (Lipinski definition) is 0. The van der Waals surface area contributed by atoms with E-state index >= 15 is 0 Å². The summed E-state index contributed by atoms with van der Waals surface area (Å²) in [6, 6.07) is 2.37. The fourth-order valence-electron chi connectivity index (χ4n) is 4.51. The molecule has 0 bridgehead atoms. The maximum atomic E-state index is 13.5. The van der Waals surface area contributed by atoms with E-state index in [0.29, 0.717) is 23.5 Å². The lowest BCUT2D eigenvalue weighted by Crippen LogP contribution is -2.34. The van der Waals surface area contributed by atoms with Crippen molar-refractivity contribution in [1.29, 1.82) is 0 Å². The Kier molecular flexibility index (Phi) is 5.85. The molecule has 24 heavy (non-hydrogen) atoms. The predicted molar refractivity (Wildman–Crippen MR) is 88.4 cm³/mol. The third-order valence-electron chi connectivity index (χ3n) is 5.89. The van der Waals surface area contributed by atoms with Crippen LogP contribution in [-0.2, 0) is 4.74 Å². The van der Waals surface area contributed by atoms with Crippen molar-refractivity contribution in [2.45, 2.75) is 70.3 Å². The van der Waals surface area contributed by atoms with Crippen molar-refractivity contribution in [2.24, 2.45) is 11.8 Å². The highest BCUT2D eigenvalue weighted by Crippen LogP contribution is 2.46. The monoisotopic (exact) mass is 340 g/mol. The molecular formula is C20H27F3O. The minimum atomic E-state index is -1.36. The Hall–Kier alpha value is -1.03. The van der Waals surface area contributed by atoms with Gasteiger partial charge in [-0.05, 0) is 80.4 Å². The van der Waals surface area contributed by atoms with E-state index in [1.165, 1.54) is 12.1 Å². The fraction of sp³-hybridized carbons (Fsp3) is 0.700. The van der Waals surface area contributed by atoms with Gasteiger partial charge in [-0.3, -0.25) is 0 Å². The molecule has 0 aliphatic heterocycles. The van der Waals surface area contributed by atoms with E-state index in [0.717, 1.165) is 58.0 Å². The van der Waals surface area contributed by atoms with Crippen LogP contribution >= 0.6 is 0 Å². The average molecular weight is 340 g/mol. The van der Waals surface area contributed by atoms with Crippen molar-refractivity contribution >= 4 is 0 Å². The largest absolute Gasteiger partial charge is 0.378 e. The number of unbranched alkanes of at least 4 members (excludes halogenated alkanes) is 1. The van der Waals surface area contributed by atoms with E-state index in [4.69, 9.17) is 4.74 Å². The van der Waals surface area contributed by atoms with Crippen molar-refractivity contribution < 1.29 is 17.9 Å². The van der Waals surface area contributed by atoms with Crippen molar-refractivity contribution in [3.8, 4) is 0 Å². The summed E-state index contributed by atoms with van der Waals surface area (Å²) < 4.78 is 46.1. The molecule has 3 rings (SSSR count). The number of fused-ring (bicyclic) bond motifs is 1. The maximum Gasteiger partial charge on any atom is 0.194 e. The molecule has 2 aliphatic carbocycles. The van der Waals surface area contributed by atoms with Crippen LogP contribution in [0.15, 0.2) is 12.1 Å². The molecule has 1 aromatic rings. The molecule has 2 fully saturated rings. The average Bonchev–Trinajstić information content (AvgIpc) is 2.59. The molecule has 0 amide bonds. The van der Waals surface area contributed by atoms with Crippen molar-refractivity contribution in [3.05, 3.63) is 35.1 Å². The lowest BCUT2D eigenvalue weighted by Gasteiger charge is -2.42. The standard InChI is InChI=1S/C20H27F3O/c1-2-3-8-24-17-7-6-13-9-14(4-5-15(13)10-17)16-11-18(21)20(23)19(22)12-16/h11-15,17H,2-10H2,1H3. The first-order valence-corrected chi connectivity index (χ1v) is 9.34. The van der Waals surface area contributed by atoms with Gasteiger partial charge in [0.05, 0.1) is 6.10 Å².